The van der Waals surface area contributed by atoms with Gasteiger partial charge >= 0.3 is 0 Å². The van der Waals surface area contributed by atoms with Gasteiger partial charge in [0.25, 0.3) is 0 Å². The fourth-order valence-corrected chi connectivity index (χ4v) is 6.59. The van der Waals surface area contributed by atoms with Gasteiger partial charge in [-0.3, -0.25) is 0 Å². The van der Waals surface area contributed by atoms with Crippen LogP contribution >= 0.6 is 0 Å². The summed E-state index contributed by atoms with van der Waals surface area (Å²) in [7, 11) is 0. The molecular weight excluding hydrogens is 436 g/mol. The Hall–Kier alpha value is -0.340. The van der Waals surface area contributed by atoms with Crippen molar-refractivity contribution >= 4 is 0 Å². The molecule has 0 aromatic carbocycles. The molecule has 0 aromatic heterocycles. The third-order valence-corrected chi connectivity index (χ3v) is 9.22. The molecule has 1 saturated carbocycles. The van der Waals surface area contributed by atoms with Crippen molar-refractivity contribution < 1.29 is 0 Å². The molecule has 4 N–H and O–H groups in total. The van der Waals surface area contributed by atoms with Crippen LogP contribution in [0, 0.1) is 23.7 Å². The normalized spacial score (nSPS) is 19.4. The Bertz CT molecular complexity index is 495. The minimum absolute atomic E-state index is 0.256. The molecule has 1 aliphatic carbocycles. The van der Waals surface area contributed by atoms with E-state index in [4.69, 9.17) is 11.5 Å². The Kier molecular flexibility index (Phi) is 21.2. The first-order chi connectivity index (χ1) is 17.6. The van der Waals surface area contributed by atoms with Gasteiger partial charge in [0.15, 0.2) is 0 Å². The van der Waals surface area contributed by atoms with Crippen molar-refractivity contribution in [3.8, 4) is 0 Å². The maximum atomic E-state index is 7.11. The van der Waals surface area contributed by atoms with Gasteiger partial charge < -0.3 is 11.5 Å². The average molecular weight is 505 g/mol. The van der Waals surface area contributed by atoms with Gasteiger partial charge in [0.2, 0.25) is 0 Å². The highest BCUT2D eigenvalue weighted by molar-refractivity contribution is 5.02. The van der Waals surface area contributed by atoms with Crippen molar-refractivity contribution in [1.82, 2.24) is 0 Å². The molecule has 0 aromatic rings. The quantitative estimate of drug-likeness (QED) is 0.107. The molecule has 1 rings (SSSR count). The van der Waals surface area contributed by atoms with Crippen LogP contribution in [0.2, 0.25) is 0 Å². The molecule has 0 heterocycles. The highest BCUT2D eigenvalue weighted by Gasteiger charge is 2.31. The Morgan fingerprint density at radius 2 is 1.17 bits per heavy atom. The molecule has 0 amide bonds. The van der Waals surface area contributed by atoms with Crippen molar-refractivity contribution in [3.63, 3.8) is 0 Å². The molecule has 214 valence electrons. The van der Waals surface area contributed by atoms with Gasteiger partial charge in [0.1, 0.15) is 0 Å². The summed E-state index contributed by atoms with van der Waals surface area (Å²) in [5.41, 5.74) is 14.2. The Labute approximate surface area is 228 Å². The second-order valence-corrected chi connectivity index (χ2v) is 12.4. The Morgan fingerprint density at radius 3 is 1.69 bits per heavy atom. The number of unbranched alkanes of at least 4 members (excludes halogenated alkanes) is 9. The highest BCUT2D eigenvalue weighted by Crippen LogP contribution is 2.35. The second kappa shape index (κ2) is 22.6. The molecule has 0 aliphatic heterocycles. The van der Waals surface area contributed by atoms with Gasteiger partial charge in [-0.2, -0.15) is 0 Å². The largest absolute Gasteiger partial charge is 0.327 e. The van der Waals surface area contributed by atoms with Crippen LogP contribution in [0.4, 0.5) is 0 Å². The van der Waals surface area contributed by atoms with E-state index in [0.29, 0.717) is 11.8 Å². The smallest absolute Gasteiger partial charge is 0.0105 e. The fraction of sp³-hybridized carbons (Fsp3) is 0.941. The van der Waals surface area contributed by atoms with Crippen LogP contribution in [-0.2, 0) is 0 Å². The third-order valence-electron chi connectivity index (χ3n) is 9.22. The molecule has 2 nitrogen and oxygen atoms in total. The lowest BCUT2D eigenvalue weighted by molar-refractivity contribution is 0.207. The van der Waals surface area contributed by atoms with Crippen molar-refractivity contribution in [2.75, 3.05) is 0 Å². The van der Waals surface area contributed by atoms with Crippen molar-refractivity contribution in [2.45, 2.75) is 181 Å². The summed E-state index contributed by atoms with van der Waals surface area (Å²) >= 11 is 0. The predicted molar refractivity (Wildman–Crippen MR) is 163 cm³/mol. The average Bonchev–Trinajstić information content (AvgIpc) is 2.90. The molecule has 0 saturated heterocycles. The monoisotopic (exact) mass is 505 g/mol. The van der Waals surface area contributed by atoms with Crippen LogP contribution in [0.1, 0.15) is 169 Å². The van der Waals surface area contributed by atoms with Crippen LogP contribution < -0.4 is 11.5 Å². The summed E-state index contributed by atoms with van der Waals surface area (Å²) in [6, 6.07) is 0.542. The van der Waals surface area contributed by atoms with Crippen LogP contribution in [0.25, 0.3) is 0 Å². The Balaban J connectivity index is 3.03. The summed E-state index contributed by atoms with van der Waals surface area (Å²) in [6.45, 7) is 9.33. The lowest BCUT2D eigenvalue weighted by Gasteiger charge is -2.37. The molecule has 0 bridgehead atoms. The molecule has 5 atom stereocenters. The topological polar surface area (TPSA) is 52.0 Å². The zero-order valence-corrected chi connectivity index (χ0v) is 25.3. The molecule has 5 unspecified atom stereocenters. The minimum Gasteiger partial charge on any atom is -0.327 e. The zero-order chi connectivity index (χ0) is 26.4. The van der Waals surface area contributed by atoms with E-state index in [0.717, 1.165) is 18.3 Å². The molecular formula is C34H68N2. The fourth-order valence-electron chi connectivity index (χ4n) is 6.59. The van der Waals surface area contributed by atoms with Crippen molar-refractivity contribution in [3.05, 3.63) is 12.2 Å². The number of hydrogen-bond acceptors (Lipinski definition) is 2. The number of rotatable bonds is 23. The van der Waals surface area contributed by atoms with Gasteiger partial charge in [-0.15, -0.1) is 0 Å². The Morgan fingerprint density at radius 1 is 0.639 bits per heavy atom. The maximum absolute atomic E-state index is 7.11. The highest BCUT2D eigenvalue weighted by atomic mass is 14.7. The molecule has 2 heteroatoms. The second-order valence-electron chi connectivity index (χ2n) is 12.4. The van der Waals surface area contributed by atoms with Crippen molar-refractivity contribution in [1.29, 1.82) is 0 Å². The van der Waals surface area contributed by atoms with Crippen LogP contribution in [0.5, 0.6) is 0 Å². The third kappa shape index (κ3) is 15.2. The molecule has 1 aliphatic rings. The van der Waals surface area contributed by atoms with E-state index < -0.39 is 0 Å². The van der Waals surface area contributed by atoms with Gasteiger partial charge in [-0.05, 0) is 55.8 Å². The number of allylic oxidation sites excluding steroid dienone is 1. The molecule has 1 fully saturated rings. The van der Waals surface area contributed by atoms with Gasteiger partial charge in [0.05, 0.1) is 0 Å². The van der Waals surface area contributed by atoms with Gasteiger partial charge in [0, 0.05) is 12.1 Å². The van der Waals surface area contributed by atoms with Gasteiger partial charge in [-0.1, -0.05) is 149 Å². The SMILES string of the molecule is CCCCCCC(CC)CC(C(N)CCCCCC)C(/C=C/C1CCCCC1)C(N)CCCCCC. The van der Waals surface area contributed by atoms with Crippen LogP contribution in [0.15, 0.2) is 12.2 Å². The lowest BCUT2D eigenvalue weighted by atomic mass is 9.72. The van der Waals surface area contributed by atoms with E-state index in [-0.39, 0.29) is 12.1 Å². The lowest BCUT2D eigenvalue weighted by Crippen LogP contribution is -2.43. The van der Waals surface area contributed by atoms with Gasteiger partial charge in [-0.25, -0.2) is 0 Å². The van der Waals surface area contributed by atoms with E-state index in [1.165, 1.54) is 135 Å². The maximum Gasteiger partial charge on any atom is 0.0105 e. The van der Waals surface area contributed by atoms with Crippen molar-refractivity contribution in [2.24, 2.45) is 35.1 Å². The molecule has 0 spiro atoms. The first-order valence-corrected chi connectivity index (χ1v) is 16.8. The first kappa shape index (κ1) is 33.7. The summed E-state index contributed by atoms with van der Waals surface area (Å²) in [5, 5.41) is 0. The first-order valence-electron chi connectivity index (χ1n) is 16.8. The summed E-state index contributed by atoms with van der Waals surface area (Å²) in [4.78, 5) is 0. The van der Waals surface area contributed by atoms with E-state index in [2.05, 4.69) is 39.8 Å². The van der Waals surface area contributed by atoms with E-state index >= 15 is 0 Å². The number of nitrogens with two attached hydrogens (primary N) is 2. The van der Waals surface area contributed by atoms with E-state index in [1.54, 1.807) is 0 Å². The van der Waals surface area contributed by atoms with E-state index in [9.17, 15) is 0 Å². The number of hydrogen-bond donors (Lipinski definition) is 2. The zero-order valence-electron chi connectivity index (χ0n) is 25.3. The summed E-state index contributed by atoms with van der Waals surface area (Å²) in [6.07, 6.45) is 34.4. The molecule has 0 radical (unpaired) electrons. The van der Waals surface area contributed by atoms with E-state index in [1.807, 2.05) is 0 Å². The van der Waals surface area contributed by atoms with Crippen LogP contribution in [0.3, 0.4) is 0 Å². The predicted octanol–water partition coefficient (Wildman–Crippen LogP) is 10.3. The summed E-state index contributed by atoms with van der Waals surface area (Å²) < 4.78 is 0. The summed E-state index contributed by atoms with van der Waals surface area (Å²) in [5.74, 6) is 2.54. The standard InChI is InChI=1S/C34H68N2/c1-5-9-12-16-21-29(8-4)28-32(34(36)25-20-14-11-7-3)31(33(35)24-19-13-10-6-2)27-26-30-22-17-15-18-23-30/h26-27,29-34H,5-25,28,35-36H2,1-4H3/b27-26+. The van der Waals surface area contributed by atoms with Crippen LogP contribution in [-0.4, -0.2) is 12.1 Å². The minimum atomic E-state index is 0.256. The molecule has 36 heavy (non-hydrogen) atoms.